The van der Waals surface area contributed by atoms with Crippen LogP contribution < -0.4 is 0 Å². The van der Waals surface area contributed by atoms with Crippen LogP contribution in [-0.2, 0) is 7.05 Å². The Morgan fingerprint density at radius 2 is 2.38 bits per heavy atom. The van der Waals surface area contributed by atoms with Gasteiger partial charge in [0, 0.05) is 7.05 Å². The average Bonchev–Trinajstić information content (AvgIpc) is 2.89. The van der Waals surface area contributed by atoms with E-state index in [1.54, 1.807) is 12.3 Å². The molecule has 0 aliphatic rings. The van der Waals surface area contributed by atoms with Crippen molar-refractivity contribution in [2.24, 2.45) is 7.05 Å². The van der Waals surface area contributed by atoms with Gasteiger partial charge in [-0.25, -0.2) is 0 Å². The van der Waals surface area contributed by atoms with Crippen LogP contribution in [0.5, 0.6) is 0 Å². The van der Waals surface area contributed by atoms with Gasteiger partial charge in [0.25, 0.3) is 0 Å². The van der Waals surface area contributed by atoms with E-state index >= 15 is 0 Å². The molecule has 0 radical (unpaired) electrons. The van der Waals surface area contributed by atoms with E-state index in [0.717, 1.165) is 0 Å². The van der Waals surface area contributed by atoms with Crippen LogP contribution in [0.2, 0.25) is 0 Å². The number of hydrogen-bond donors (Lipinski definition) is 0. The molecule has 0 saturated heterocycles. The molecule has 0 aromatic carbocycles. The molecular weight excluding hydrogens is 224 g/mol. The Labute approximate surface area is 97.1 Å². The predicted molar refractivity (Wildman–Crippen MR) is 59.6 cm³/mol. The zero-order chi connectivity index (χ0) is 11.5. The van der Waals surface area contributed by atoms with Gasteiger partial charge in [0.1, 0.15) is 0 Å². The monoisotopic (exact) mass is 234 g/mol. The number of aromatic nitrogens is 3. The van der Waals surface area contributed by atoms with Gasteiger partial charge >= 0.3 is 0 Å². The quantitative estimate of drug-likeness (QED) is 0.760. The molecule has 0 aliphatic heterocycles. The summed E-state index contributed by atoms with van der Waals surface area (Å²) in [5, 5.41) is 17.4. The molecule has 0 amide bonds. The summed E-state index contributed by atoms with van der Waals surface area (Å²) in [6.45, 7) is 1.83. The number of rotatable bonds is 3. The molecule has 2 aromatic heterocycles. The highest BCUT2D eigenvalue weighted by Crippen LogP contribution is 2.25. The third-order valence-corrected chi connectivity index (χ3v) is 3.07. The normalized spacial score (nSPS) is 12.3. The van der Waals surface area contributed by atoms with Crippen LogP contribution in [-0.4, -0.2) is 20.0 Å². The Kier molecular flexibility index (Phi) is 2.97. The van der Waals surface area contributed by atoms with E-state index in [2.05, 4.69) is 16.3 Å². The van der Waals surface area contributed by atoms with Crippen molar-refractivity contribution in [2.75, 3.05) is 0 Å². The van der Waals surface area contributed by atoms with Crippen molar-refractivity contribution in [3.8, 4) is 17.7 Å². The van der Waals surface area contributed by atoms with Gasteiger partial charge in [0.05, 0.1) is 17.6 Å². The van der Waals surface area contributed by atoms with E-state index in [1.165, 1.54) is 11.8 Å². The van der Waals surface area contributed by atoms with E-state index in [9.17, 15) is 0 Å². The molecule has 1 atom stereocenters. The summed E-state index contributed by atoms with van der Waals surface area (Å²) in [6, 6.07) is 5.77. The summed E-state index contributed by atoms with van der Waals surface area (Å²) in [5.41, 5.74) is 0. The highest BCUT2D eigenvalue weighted by atomic mass is 32.2. The minimum Gasteiger partial charge on any atom is -0.461 e. The number of nitrogens with zero attached hydrogens (tertiary/aromatic N) is 4. The van der Waals surface area contributed by atoms with Crippen molar-refractivity contribution >= 4 is 11.8 Å². The van der Waals surface area contributed by atoms with Gasteiger partial charge in [-0.05, 0) is 19.1 Å². The largest absolute Gasteiger partial charge is 0.461 e. The fourth-order valence-corrected chi connectivity index (χ4v) is 1.92. The number of furan rings is 1. The molecule has 0 bridgehead atoms. The molecule has 1 unspecified atom stereocenters. The van der Waals surface area contributed by atoms with Gasteiger partial charge in [0.2, 0.25) is 0 Å². The molecule has 16 heavy (non-hydrogen) atoms. The first-order valence-electron chi connectivity index (χ1n) is 4.72. The summed E-state index contributed by atoms with van der Waals surface area (Å²) in [4.78, 5) is 0. The van der Waals surface area contributed by atoms with Crippen LogP contribution in [0.3, 0.4) is 0 Å². The van der Waals surface area contributed by atoms with Crippen LogP contribution in [0.4, 0.5) is 0 Å². The summed E-state index contributed by atoms with van der Waals surface area (Å²) in [6.07, 6.45) is 1.59. The standard InChI is InChI=1S/C10H10N4OS/c1-7(6-11)16-10-13-12-9(14(10)2)8-4-3-5-15-8/h3-5,7H,1-2H3. The molecule has 2 heterocycles. The topological polar surface area (TPSA) is 67.6 Å². The minimum absolute atomic E-state index is 0.146. The van der Waals surface area contributed by atoms with Crippen LogP contribution in [0.15, 0.2) is 28.0 Å². The number of hydrogen-bond acceptors (Lipinski definition) is 5. The first-order chi connectivity index (χ1) is 7.72. The van der Waals surface area contributed by atoms with Crippen LogP contribution >= 0.6 is 11.8 Å². The molecule has 2 rings (SSSR count). The van der Waals surface area contributed by atoms with Gasteiger partial charge in [0.15, 0.2) is 16.7 Å². The fourth-order valence-electron chi connectivity index (χ4n) is 1.22. The molecular formula is C10H10N4OS. The molecule has 0 saturated carbocycles. The lowest BCUT2D eigenvalue weighted by Crippen LogP contribution is -1.97. The first-order valence-corrected chi connectivity index (χ1v) is 5.60. The van der Waals surface area contributed by atoms with Crippen LogP contribution in [0.25, 0.3) is 11.6 Å². The van der Waals surface area contributed by atoms with E-state index in [-0.39, 0.29) is 5.25 Å². The lowest BCUT2D eigenvalue weighted by Gasteiger charge is -2.02. The van der Waals surface area contributed by atoms with Gasteiger partial charge in [-0.1, -0.05) is 11.8 Å². The first kappa shape index (κ1) is 10.8. The van der Waals surface area contributed by atoms with Crippen molar-refractivity contribution in [1.29, 1.82) is 5.26 Å². The Hall–Kier alpha value is -1.74. The molecule has 0 N–H and O–H groups in total. The molecule has 0 fully saturated rings. The van der Waals surface area contributed by atoms with Gasteiger partial charge in [-0.3, -0.25) is 0 Å². The van der Waals surface area contributed by atoms with Gasteiger partial charge in [-0.15, -0.1) is 10.2 Å². The second-order valence-corrected chi connectivity index (χ2v) is 4.54. The van der Waals surface area contributed by atoms with E-state index in [4.69, 9.17) is 9.68 Å². The average molecular weight is 234 g/mol. The van der Waals surface area contributed by atoms with Crippen LogP contribution in [0.1, 0.15) is 6.92 Å². The third kappa shape index (κ3) is 1.95. The second kappa shape index (κ2) is 4.41. The second-order valence-electron chi connectivity index (χ2n) is 3.23. The van der Waals surface area contributed by atoms with E-state index in [1.807, 2.05) is 24.6 Å². The van der Waals surface area contributed by atoms with Crippen molar-refractivity contribution in [3.63, 3.8) is 0 Å². The molecule has 82 valence electrons. The number of nitriles is 1. The zero-order valence-electron chi connectivity index (χ0n) is 8.91. The van der Waals surface area contributed by atoms with Crippen molar-refractivity contribution in [3.05, 3.63) is 18.4 Å². The maximum atomic E-state index is 8.73. The molecule has 2 aromatic rings. The third-order valence-electron chi connectivity index (χ3n) is 2.04. The smallest absolute Gasteiger partial charge is 0.200 e. The predicted octanol–water partition coefficient (Wildman–Crippen LogP) is 2.08. The zero-order valence-corrected chi connectivity index (χ0v) is 9.73. The maximum absolute atomic E-state index is 8.73. The Morgan fingerprint density at radius 3 is 3.00 bits per heavy atom. The molecule has 0 aliphatic carbocycles. The lowest BCUT2D eigenvalue weighted by molar-refractivity contribution is 0.572. The van der Waals surface area contributed by atoms with Crippen molar-refractivity contribution < 1.29 is 4.42 Å². The summed E-state index contributed by atoms with van der Waals surface area (Å²) >= 11 is 1.37. The van der Waals surface area contributed by atoms with E-state index < -0.39 is 0 Å². The SMILES string of the molecule is CC(C#N)Sc1nnc(-c2ccco2)n1C. The van der Waals surface area contributed by atoms with Crippen molar-refractivity contribution in [2.45, 2.75) is 17.3 Å². The Bertz CT molecular complexity index is 511. The minimum atomic E-state index is -0.146. The fraction of sp³-hybridized carbons (Fsp3) is 0.300. The highest BCUT2D eigenvalue weighted by Gasteiger charge is 2.15. The number of thioether (sulfide) groups is 1. The molecule has 0 spiro atoms. The highest BCUT2D eigenvalue weighted by molar-refractivity contribution is 8.00. The summed E-state index contributed by atoms with van der Waals surface area (Å²) in [7, 11) is 1.85. The van der Waals surface area contributed by atoms with Gasteiger partial charge < -0.3 is 8.98 Å². The maximum Gasteiger partial charge on any atom is 0.200 e. The molecule has 5 nitrogen and oxygen atoms in total. The molecule has 6 heteroatoms. The summed E-state index contributed by atoms with van der Waals surface area (Å²) in [5.74, 6) is 1.34. The Morgan fingerprint density at radius 1 is 1.56 bits per heavy atom. The van der Waals surface area contributed by atoms with E-state index in [0.29, 0.717) is 16.7 Å². The lowest BCUT2D eigenvalue weighted by atomic mass is 10.4. The van der Waals surface area contributed by atoms with Crippen molar-refractivity contribution in [1.82, 2.24) is 14.8 Å². The summed E-state index contributed by atoms with van der Waals surface area (Å²) < 4.78 is 7.06. The van der Waals surface area contributed by atoms with Crippen LogP contribution in [0, 0.1) is 11.3 Å². The van der Waals surface area contributed by atoms with Gasteiger partial charge in [-0.2, -0.15) is 5.26 Å². The Balaban J connectivity index is 2.29.